The van der Waals surface area contributed by atoms with Crippen LogP contribution in [0.5, 0.6) is 0 Å². The fourth-order valence-electron chi connectivity index (χ4n) is 7.68. The number of aliphatic hydroxyl groups is 2. The molecule has 71 heavy (non-hydrogen) atoms. The zero-order valence-corrected chi connectivity index (χ0v) is 44.2. The molecule has 0 saturated carbocycles. The molecule has 12 heteroatoms. The van der Waals surface area contributed by atoms with Gasteiger partial charge in [0.15, 0.2) is 24.6 Å². The number of carboxylic acid groups (broad SMARTS) is 1. The smallest absolute Gasteiger partial charge is 0.335 e. The number of unbranched alkanes of at least 4 members (excludes halogenated alkanes) is 17. The Labute approximate surface area is 429 Å². The summed E-state index contributed by atoms with van der Waals surface area (Å²) in [5, 5.41) is 31.4. The molecule has 3 N–H and O–H groups in total. The van der Waals surface area contributed by atoms with Crippen molar-refractivity contribution in [2.45, 2.75) is 250 Å². The van der Waals surface area contributed by atoms with Gasteiger partial charge in [-0.25, -0.2) is 4.79 Å². The summed E-state index contributed by atoms with van der Waals surface area (Å²) < 4.78 is 28.3. The predicted molar refractivity (Wildman–Crippen MR) is 284 cm³/mol. The molecule has 0 amide bonds. The maximum absolute atomic E-state index is 13.1. The van der Waals surface area contributed by atoms with Crippen LogP contribution in [0.3, 0.4) is 0 Å². The minimum Gasteiger partial charge on any atom is -0.479 e. The van der Waals surface area contributed by atoms with E-state index in [1.54, 1.807) is 0 Å². The number of hydrogen-bond donors (Lipinski definition) is 3. The van der Waals surface area contributed by atoms with Crippen LogP contribution < -0.4 is 0 Å². The van der Waals surface area contributed by atoms with Crippen molar-refractivity contribution < 1.29 is 58.2 Å². The Morgan fingerprint density at radius 3 is 1.45 bits per heavy atom. The van der Waals surface area contributed by atoms with Crippen LogP contribution in [0.4, 0.5) is 0 Å². The van der Waals surface area contributed by atoms with E-state index in [1.807, 2.05) is 0 Å². The van der Waals surface area contributed by atoms with Crippen LogP contribution in [0.15, 0.2) is 85.1 Å². The summed E-state index contributed by atoms with van der Waals surface area (Å²) in [5.41, 5.74) is 0. The molecule has 0 aromatic rings. The Morgan fingerprint density at radius 1 is 0.479 bits per heavy atom. The highest BCUT2D eigenvalue weighted by molar-refractivity contribution is 5.74. The number of ether oxygens (including phenoxy) is 5. The molecule has 1 rings (SSSR count). The quantitative estimate of drug-likeness (QED) is 0.0228. The monoisotopic (exact) mass is 997 g/mol. The second-order valence-corrected chi connectivity index (χ2v) is 18.5. The van der Waals surface area contributed by atoms with E-state index in [1.165, 1.54) is 25.7 Å². The van der Waals surface area contributed by atoms with Crippen LogP contribution >= 0.6 is 0 Å². The van der Waals surface area contributed by atoms with Crippen LogP contribution in [0.1, 0.15) is 213 Å². The average molecular weight is 997 g/mol. The van der Waals surface area contributed by atoms with Gasteiger partial charge in [-0.05, 0) is 109 Å². The van der Waals surface area contributed by atoms with Crippen LogP contribution in [0, 0.1) is 0 Å². The maximum atomic E-state index is 13.1. The Morgan fingerprint density at radius 2 is 0.915 bits per heavy atom. The lowest BCUT2D eigenvalue weighted by molar-refractivity contribution is -0.301. The van der Waals surface area contributed by atoms with Gasteiger partial charge in [0.25, 0.3) is 0 Å². The van der Waals surface area contributed by atoms with Crippen LogP contribution in [-0.2, 0) is 42.9 Å². The Balaban J connectivity index is 2.76. The van der Waals surface area contributed by atoms with Crippen molar-refractivity contribution in [3.8, 4) is 0 Å². The lowest BCUT2D eigenvalue weighted by Gasteiger charge is -2.40. The number of aliphatic hydroxyl groups excluding tert-OH is 2. The molecule has 0 aromatic carbocycles. The zero-order valence-electron chi connectivity index (χ0n) is 44.2. The topological polar surface area (TPSA) is 175 Å². The molecule has 1 fully saturated rings. The lowest BCUT2D eigenvalue weighted by atomic mass is 9.98. The first-order valence-electron chi connectivity index (χ1n) is 27.6. The second-order valence-electron chi connectivity index (χ2n) is 18.5. The molecule has 0 spiro atoms. The Kier molecular flexibility index (Phi) is 42.9. The molecule has 1 saturated heterocycles. The van der Waals surface area contributed by atoms with Gasteiger partial charge < -0.3 is 39.0 Å². The van der Waals surface area contributed by atoms with E-state index in [9.17, 15) is 34.5 Å². The van der Waals surface area contributed by atoms with E-state index in [4.69, 9.17) is 23.7 Å². The third-order valence-corrected chi connectivity index (χ3v) is 11.9. The summed E-state index contributed by atoms with van der Waals surface area (Å²) in [6.45, 7) is 5.74. The van der Waals surface area contributed by atoms with Gasteiger partial charge in [0.2, 0.25) is 0 Å². The van der Waals surface area contributed by atoms with Gasteiger partial charge in [0.05, 0.1) is 6.61 Å². The van der Waals surface area contributed by atoms with Crippen molar-refractivity contribution in [1.29, 1.82) is 0 Å². The molecule has 1 heterocycles. The first-order chi connectivity index (χ1) is 34.6. The molecular weight excluding hydrogens is 901 g/mol. The SMILES string of the molecule is CC/C=C\C/C=C\C/C=C\C/C=C\CCCCC(=O)OC1C(OCC(COC(=O)CCCCCCC/C=C\C/C=C\CCC)OC(=O)CCCCCCC/C=C\CCCCCC)OC(C(=O)O)C(O)C1O. The molecular formula is C59H96O12. The van der Waals surface area contributed by atoms with E-state index in [2.05, 4.69) is 106 Å². The van der Waals surface area contributed by atoms with Gasteiger partial charge >= 0.3 is 23.9 Å². The molecule has 0 aliphatic carbocycles. The second kappa shape index (κ2) is 46.9. The van der Waals surface area contributed by atoms with E-state index in [0.717, 1.165) is 122 Å². The molecule has 1 aliphatic rings. The third kappa shape index (κ3) is 37.3. The van der Waals surface area contributed by atoms with Crippen molar-refractivity contribution in [3.05, 3.63) is 85.1 Å². The Hall–Kier alpha value is -4.10. The Bertz CT molecular complexity index is 1560. The number of carboxylic acids is 1. The molecule has 6 atom stereocenters. The number of carbonyl (C=O) groups excluding carboxylic acids is 3. The molecule has 404 valence electrons. The van der Waals surface area contributed by atoms with Gasteiger partial charge in [0, 0.05) is 19.3 Å². The third-order valence-electron chi connectivity index (χ3n) is 11.9. The average Bonchev–Trinajstić information content (AvgIpc) is 3.35. The highest BCUT2D eigenvalue weighted by Crippen LogP contribution is 2.26. The number of hydrogen-bond acceptors (Lipinski definition) is 11. The summed E-state index contributed by atoms with van der Waals surface area (Å²) in [6.07, 6.45) is 47.1. The molecule has 1 aliphatic heterocycles. The normalized spacial score (nSPS) is 19.1. The summed E-state index contributed by atoms with van der Waals surface area (Å²) >= 11 is 0. The van der Waals surface area contributed by atoms with Crippen molar-refractivity contribution in [3.63, 3.8) is 0 Å². The molecule has 12 nitrogen and oxygen atoms in total. The molecule has 0 radical (unpaired) electrons. The first-order valence-corrected chi connectivity index (χ1v) is 27.6. The number of allylic oxidation sites excluding steroid dienone is 14. The number of carbonyl (C=O) groups is 4. The summed E-state index contributed by atoms with van der Waals surface area (Å²) in [7, 11) is 0. The van der Waals surface area contributed by atoms with Gasteiger partial charge in [-0.15, -0.1) is 0 Å². The summed E-state index contributed by atoms with van der Waals surface area (Å²) in [6, 6.07) is 0. The number of esters is 3. The summed E-state index contributed by atoms with van der Waals surface area (Å²) in [4.78, 5) is 50.9. The van der Waals surface area contributed by atoms with Gasteiger partial charge in [-0.3, -0.25) is 14.4 Å². The van der Waals surface area contributed by atoms with Crippen LogP contribution in [-0.4, -0.2) is 89.2 Å². The number of rotatable bonds is 45. The lowest BCUT2D eigenvalue weighted by Crippen LogP contribution is -2.61. The fraction of sp³-hybridized carbons (Fsp3) is 0.695. The van der Waals surface area contributed by atoms with Crippen molar-refractivity contribution >= 4 is 23.9 Å². The predicted octanol–water partition coefficient (Wildman–Crippen LogP) is 13.6. The van der Waals surface area contributed by atoms with Gasteiger partial charge in [-0.1, -0.05) is 170 Å². The standard InChI is InChI=1S/C59H96O12/c1-4-7-10-13-16-19-22-25-26-29-32-35-38-41-44-47-53(62)70-57-55(64)54(63)56(58(65)66)71-59(57)68-49-50(69-52(61)46-43-40-37-34-31-28-24-21-18-15-12-9-6-3)48-67-51(60)45-42-39-36-33-30-27-23-20-17-14-11-8-5-2/h7,10-11,14,16,19-21,23-26,32,35,50,54-57,59,63-64H,4-6,8-9,12-13,15,17-18,22,27-31,33-34,36-49H2,1-3H3,(H,65,66)/b10-7-,14-11-,19-16-,23-20-,24-21-,26-25-,35-32-. The van der Waals surface area contributed by atoms with E-state index in [-0.39, 0.29) is 25.9 Å². The highest BCUT2D eigenvalue weighted by atomic mass is 16.7. The molecule has 0 aromatic heterocycles. The van der Waals surface area contributed by atoms with Crippen molar-refractivity contribution in [2.75, 3.05) is 13.2 Å². The van der Waals surface area contributed by atoms with Gasteiger partial charge in [0.1, 0.15) is 18.8 Å². The van der Waals surface area contributed by atoms with Crippen molar-refractivity contribution in [2.24, 2.45) is 0 Å². The number of aliphatic carboxylic acids is 1. The van der Waals surface area contributed by atoms with E-state index < -0.39 is 67.3 Å². The van der Waals surface area contributed by atoms with Crippen LogP contribution in [0.2, 0.25) is 0 Å². The maximum Gasteiger partial charge on any atom is 0.335 e. The van der Waals surface area contributed by atoms with Crippen LogP contribution in [0.25, 0.3) is 0 Å². The fourth-order valence-corrected chi connectivity index (χ4v) is 7.68. The van der Waals surface area contributed by atoms with E-state index >= 15 is 0 Å². The highest BCUT2D eigenvalue weighted by Gasteiger charge is 2.50. The zero-order chi connectivity index (χ0) is 51.8. The molecule has 0 bridgehead atoms. The largest absolute Gasteiger partial charge is 0.479 e. The van der Waals surface area contributed by atoms with Gasteiger partial charge in [-0.2, -0.15) is 0 Å². The minimum atomic E-state index is -1.92. The van der Waals surface area contributed by atoms with Crippen molar-refractivity contribution in [1.82, 2.24) is 0 Å². The minimum absolute atomic E-state index is 0.00293. The van der Waals surface area contributed by atoms with E-state index in [0.29, 0.717) is 25.7 Å². The summed E-state index contributed by atoms with van der Waals surface area (Å²) in [5.74, 6) is -3.21. The molecule has 6 unspecified atom stereocenters. The first kappa shape index (κ1) is 64.9.